The van der Waals surface area contributed by atoms with Crippen LogP contribution in [0.3, 0.4) is 0 Å². The van der Waals surface area contributed by atoms with Gasteiger partial charge in [-0.2, -0.15) is 0 Å². The third-order valence-electron chi connectivity index (χ3n) is 2.94. The van der Waals surface area contributed by atoms with Gasteiger partial charge >= 0.3 is 0 Å². The topological polar surface area (TPSA) is 49.5 Å². The van der Waals surface area contributed by atoms with E-state index in [0.29, 0.717) is 12.6 Å². The van der Waals surface area contributed by atoms with Crippen molar-refractivity contribution < 1.29 is 5.11 Å². The summed E-state index contributed by atoms with van der Waals surface area (Å²) in [7, 11) is 2.18. The molecule has 1 aliphatic rings. The molecule has 1 saturated carbocycles. The van der Waals surface area contributed by atoms with Crippen LogP contribution in [0.15, 0.2) is 0 Å². The minimum atomic E-state index is 0.331. The summed E-state index contributed by atoms with van der Waals surface area (Å²) in [5.41, 5.74) is 5.72. The number of hydrogen-bond donors (Lipinski definition) is 2. The van der Waals surface area contributed by atoms with Crippen molar-refractivity contribution in [3.63, 3.8) is 0 Å². The summed E-state index contributed by atoms with van der Waals surface area (Å²) >= 11 is 0. The second-order valence-electron chi connectivity index (χ2n) is 4.15. The first-order valence-corrected chi connectivity index (χ1v) is 5.30. The van der Waals surface area contributed by atoms with Gasteiger partial charge in [0, 0.05) is 18.7 Å². The lowest BCUT2D eigenvalue weighted by atomic mass is 9.86. The van der Waals surface area contributed by atoms with Crippen LogP contribution in [0.25, 0.3) is 0 Å². The number of nitrogens with zero attached hydrogens (tertiary/aromatic N) is 1. The Morgan fingerprint density at radius 1 is 1.31 bits per heavy atom. The van der Waals surface area contributed by atoms with Gasteiger partial charge in [-0.1, -0.05) is 0 Å². The van der Waals surface area contributed by atoms with Gasteiger partial charge in [-0.3, -0.25) is 0 Å². The van der Waals surface area contributed by atoms with Crippen LogP contribution in [-0.4, -0.2) is 42.3 Å². The number of aliphatic hydroxyl groups excluding tert-OH is 1. The maximum absolute atomic E-state index is 8.60. The third kappa shape index (κ3) is 3.63. The highest BCUT2D eigenvalue weighted by atomic mass is 16.2. The van der Waals surface area contributed by atoms with Crippen LogP contribution >= 0.6 is 0 Å². The van der Waals surface area contributed by atoms with Crippen molar-refractivity contribution in [1.29, 1.82) is 0 Å². The Labute approximate surface area is 80.9 Å². The van der Waals surface area contributed by atoms with E-state index in [1.54, 1.807) is 0 Å². The summed E-state index contributed by atoms with van der Waals surface area (Å²) in [6.45, 7) is 1.48. The van der Waals surface area contributed by atoms with Crippen molar-refractivity contribution in [2.75, 3.05) is 20.2 Å². The standard InChI is InChI=1S/C10H22N2O/c1-12(5-3-2-4-6-13)10-7-9(11)8-10/h9-10,13H,2-8,11H2,1H3. The molecule has 0 spiro atoms. The second kappa shape index (κ2) is 5.58. The van der Waals surface area contributed by atoms with Crippen molar-refractivity contribution in [2.45, 2.75) is 44.2 Å². The maximum Gasteiger partial charge on any atom is 0.0431 e. The van der Waals surface area contributed by atoms with Gasteiger partial charge in [-0.05, 0) is 45.7 Å². The summed E-state index contributed by atoms with van der Waals surface area (Å²) < 4.78 is 0. The average Bonchev–Trinajstić information content (AvgIpc) is 2.07. The van der Waals surface area contributed by atoms with Gasteiger partial charge in [0.25, 0.3) is 0 Å². The monoisotopic (exact) mass is 186 g/mol. The number of aliphatic hydroxyl groups is 1. The first-order valence-electron chi connectivity index (χ1n) is 5.30. The Morgan fingerprint density at radius 2 is 2.00 bits per heavy atom. The molecule has 1 rings (SSSR count). The Kier molecular flexibility index (Phi) is 4.70. The zero-order valence-electron chi connectivity index (χ0n) is 8.58. The molecule has 0 aromatic carbocycles. The summed E-state index contributed by atoms with van der Waals surface area (Å²) in [4.78, 5) is 2.40. The van der Waals surface area contributed by atoms with E-state index in [1.807, 2.05) is 0 Å². The number of hydrogen-bond acceptors (Lipinski definition) is 3. The zero-order chi connectivity index (χ0) is 9.68. The minimum Gasteiger partial charge on any atom is -0.396 e. The van der Waals surface area contributed by atoms with Crippen molar-refractivity contribution >= 4 is 0 Å². The second-order valence-corrected chi connectivity index (χ2v) is 4.15. The predicted molar refractivity (Wildman–Crippen MR) is 54.6 cm³/mol. The Bertz CT molecular complexity index is 135. The lowest BCUT2D eigenvalue weighted by molar-refractivity contribution is 0.136. The Morgan fingerprint density at radius 3 is 2.54 bits per heavy atom. The van der Waals surface area contributed by atoms with Crippen molar-refractivity contribution in [3.8, 4) is 0 Å². The molecule has 0 aromatic rings. The molecule has 0 saturated heterocycles. The maximum atomic E-state index is 8.60. The molecule has 1 aliphatic carbocycles. The first kappa shape index (κ1) is 11.0. The van der Waals surface area contributed by atoms with Crippen molar-refractivity contribution in [1.82, 2.24) is 4.90 Å². The molecule has 0 aliphatic heterocycles. The van der Waals surface area contributed by atoms with E-state index in [0.717, 1.165) is 38.3 Å². The number of unbranched alkanes of at least 4 members (excludes halogenated alkanes) is 2. The molecule has 0 bridgehead atoms. The Balaban J connectivity index is 1.95. The van der Waals surface area contributed by atoms with Crippen LogP contribution in [0.5, 0.6) is 0 Å². The van der Waals surface area contributed by atoms with Gasteiger partial charge in [-0.15, -0.1) is 0 Å². The molecule has 3 nitrogen and oxygen atoms in total. The zero-order valence-corrected chi connectivity index (χ0v) is 8.58. The lowest BCUT2D eigenvalue weighted by Crippen LogP contribution is -2.49. The smallest absolute Gasteiger partial charge is 0.0431 e. The van der Waals surface area contributed by atoms with Gasteiger partial charge in [0.05, 0.1) is 0 Å². The molecule has 0 atom stereocenters. The van der Waals surface area contributed by atoms with Gasteiger partial charge in [-0.25, -0.2) is 0 Å². The Hall–Kier alpha value is -0.120. The normalized spacial score (nSPS) is 27.7. The van der Waals surface area contributed by atoms with Crippen LogP contribution in [-0.2, 0) is 0 Å². The molecule has 3 heteroatoms. The highest BCUT2D eigenvalue weighted by molar-refractivity contribution is 4.88. The summed E-state index contributed by atoms with van der Waals surface area (Å²) in [6, 6.07) is 1.18. The van der Waals surface area contributed by atoms with E-state index in [9.17, 15) is 0 Å². The summed E-state index contributed by atoms with van der Waals surface area (Å²) in [5.74, 6) is 0. The third-order valence-corrected chi connectivity index (χ3v) is 2.94. The number of rotatable bonds is 6. The first-order chi connectivity index (χ1) is 6.24. The molecule has 0 heterocycles. The van der Waals surface area contributed by atoms with E-state index in [1.165, 1.54) is 6.42 Å². The average molecular weight is 186 g/mol. The molecule has 0 aromatic heterocycles. The molecular weight excluding hydrogens is 164 g/mol. The highest BCUT2D eigenvalue weighted by Crippen LogP contribution is 2.22. The molecule has 13 heavy (non-hydrogen) atoms. The van der Waals surface area contributed by atoms with Crippen LogP contribution in [0.1, 0.15) is 32.1 Å². The van der Waals surface area contributed by atoms with Crippen LogP contribution in [0.4, 0.5) is 0 Å². The molecular formula is C10H22N2O. The van der Waals surface area contributed by atoms with Crippen LogP contribution in [0, 0.1) is 0 Å². The molecule has 0 radical (unpaired) electrons. The molecule has 1 fully saturated rings. The van der Waals surface area contributed by atoms with E-state index in [-0.39, 0.29) is 0 Å². The highest BCUT2D eigenvalue weighted by Gasteiger charge is 2.28. The predicted octanol–water partition coefficient (Wildman–Crippen LogP) is 0.570. The van der Waals surface area contributed by atoms with E-state index >= 15 is 0 Å². The van der Waals surface area contributed by atoms with Gasteiger partial charge in [0.15, 0.2) is 0 Å². The van der Waals surface area contributed by atoms with Crippen molar-refractivity contribution in [2.24, 2.45) is 5.73 Å². The van der Waals surface area contributed by atoms with E-state index in [4.69, 9.17) is 10.8 Å². The quantitative estimate of drug-likeness (QED) is 0.596. The van der Waals surface area contributed by atoms with E-state index < -0.39 is 0 Å². The van der Waals surface area contributed by atoms with E-state index in [2.05, 4.69) is 11.9 Å². The molecule has 0 unspecified atom stereocenters. The van der Waals surface area contributed by atoms with Crippen molar-refractivity contribution in [3.05, 3.63) is 0 Å². The molecule has 0 amide bonds. The fourth-order valence-electron chi connectivity index (χ4n) is 1.82. The minimum absolute atomic E-state index is 0.331. The summed E-state index contributed by atoms with van der Waals surface area (Å²) in [6.07, 6.45) is 5.60. The van der Waals surface area contributed by atoms with Gasteiger partial charge < -0.3 is 15.7 Å². The van der Waals surface area contributed by atoms with Crippen LogP contribution < -0.4 is 5.73 Å². The fraction of sp³-hybridized carbons (Fsp3) is 1.00. The molecule has 78 valence electrons. The van der Waals surface area contributed by atoms with Crippen LogP contribution in [0.2, 0.25) is 0 Å². The largest absolute Gasteiger partial charge is 0.396 e. The SMILES string of the molecule is CN(CCCCCO)C1CC(N)C1. The lowest BCUT2D eigenvalue weighted by Gasteiger charge is -2.39. The number of nitrogens with two attached hydrogens (primary N) is 1. The fourth-order valence-corrected chi connectivity index (χ4v) is 1.82. The summed E-state index contributed by atoms with van der Waals surface area (Å²) in [5, 5.41) is 8.60. The van der Waals surface area contributed by atoms with Gasteiger partial charge in [0.2, 0.25) is 0 Å². The van der Waals surface area contributed by atoms with Gasteiger partial charge in [0.1, 0.15) is 0 Å². The molecule has 3 N–H and O–H groups in total.